The van der Waals surface area contributed by atoms with Gasteiger partial charge in [0.1, 0.15) is 0 Å². The SMILES string of the molecule is CN(Cc1ccc(N(C)C)cc1)C(=O)C1(N)CCCCC1. The zero-order chi connectivity index (χ0) is 15.5. The fourth-order valence-corrected chi connectivity index (χ4v) is 3.02. The van der Waals surface area contributed by atoms with Crippen LogP contribution in [0.3, 0.4) is 0 Å². The van der Waals surface area contributed by atoms with Gasteiger partial charge in [0.2, 0.25) is 5.91 Å². The van der Waals surface area contributed by atoms with E-state index in [4.69, 9.17) is 5.73 Å². The van der Waals surface area contributed by atoms with Crippen molar-refractivity contribution >= 4 is 11.6 Å². The van der Waals surface area contributed by atoms with Crippen LogP contribution in [0.1, 0.15) is 37.7 Å². The third kappa shape index (κ3) is 3.76. The van der Waals surface area contributed by atoms with Gasteiger partial charge in [0.05, 0.1) is 5.54 Å². The quantitative estimate of drug-likeness (QED) is 0.926. The number of rotatable bonds is 4. The molecule has 0 atom stereocenters. The van der Waals surface area contributed by atoms with E-state index in [0.717, 1.165) is 36.9 Å². The van der Waals surface area contributed by atoms with Gasteiger partial charge in [0.15, 0.2) is 0 Å². The Morgan fingerprint density at radius 2 is 1.67 bits per heavy atom. The molecule has 1 saturated carbocycles. The number of nitrogens with two attached hydrogens (primary N) is 1. The number of carbonyl (C=O) groups is 1. The number of anilines is 1. The van der Waals surface area contributed by atoms with E-state index in [0.29, 0.717) is 6.54 Å². The molecule has 21 heavy (non-hydrogen) atoms. The molecular formula is C17H27N3O. The highest BCUT2D eigenvalue weighted by Crippen LogP contribution is 2.28. The van der Waals surface area contributed by atoms with Crippen LogP contribution >= 0.6 is 0 Å². The summed E-state index contributed by atoms with van der Waals surface area (Å²) >= 11 is 0. The van der Waals surface area contributed by atoms with E-state index in [-0.39, 0.29) is 5.91 Å². The molecule has 4 nitrogen and oxygen atoms in total. The second-order valence-corrected chi connectivity index (χ2v) is 6.44. The molecule has 1 aliphatic carbocycles. The van der Waals surface area contributed by atoms with Crippen molar-refractivity contribution in [2.75, 3.05) is 26.0 Å². The summed E-state index contributed by atoms with van der Waals surface area (Å²) in [5.41, 5.74) is 7.98. The first-order valence-corrected chi connectivity index (χ1v) is 7.73. The van der Waals surface area contributed by atoms with Crippen LogP contribution < -0.4 is 10.6 Å². The Balaban J connectivity index is 2.00. The molecule has 0 saturated heterocycles. The largest absolute Gasteiger partial charge is 0.378 e. The van der Waals surface area contributed by atoms with Gasteiger partial charge in [-0.1, -0.05) is 31.4 Å². The smallest absolute Gasteiger partial charge is 0.242 e. The summed E-state index contributed by atoms with van der Waals surface area (Å²) in [6.45, 7) is 0.617. The van der Waals surface area contributed by atoms with E-state index in [2.05, 4.69) is 29.2 Å². The molecule has 1 aliphatic rings. The lowest BCUT2D eigenvalue weighted by Gasteiger charge is -2.35. The second-order valence-electron chi connectivity index (χ2n) is 6.44. The summed E-state index contributed by atoms with van der Waals surface area (Å²) in [6, 6.07) is 8.30. The highest BCUT2D eigenvalue weighted by molar-refractivity contribution is 5.86. The van der Waals surface area contributed by atoms with Gasteiger partial charge in [0, 0.05) is 33.4 Å². The summed E-state index contributed by atoms with van der Waals surface area (Å²) in [4.78, 5) is 16.4. The number of amides is 1. The normalized spacial score (nSPS) is 17.3. The van der Waals surface area contributed by atoms with Gasteiger partial charge < -0.3 is 15.5 Å². The molecule has 1 amide bonds. The fraction of sp³-hybridized carbons (Fsp3) is 0.588. The van der Waals surface area contributed by atoms with E-state index in [1.54, 1.807) is 4.90 Å². The molecule has 0 aromatic heterocycles. The first-order valence-electron chi connectivity index (χ1n) is 7.73. The Morgan fingerprint density at radius 3 is 2.19 bits per heavy atom. The van der Waals surface area contributed by atoms with Crippen molar-refractivity contribution in [1.82, 2.24) is 4.90 Å². The monoisotopic (exact) mass is 289 g/mol. The standard InChI is InChI=1S/C17H27N3O/c1-19(2)15-9-7-14(8-10-15)13-20(3)16(21)17(18)11-5-4-6-12-17/h7-10H,4-6,11-13,18H2,1-3H3. The van der Waals surface area contributed by atoms with Gasteiger partial charge >= 0.3 is 0 Å². The molecule has 1 aromatic carbocycles. The maximum absolute atomic E-state index is 12.6. The molecule has 0 bridgehead atoms. The van der Waals surface area contributed by atoms with E-state index >= 15 is 0 Å². The number of likely N-dealkylation sites (N-methyl/N-ethyl adjacent to an activating group) is 1. The van der Waals surface area contributed by atoms with Crippen LogP contribution in [0.25, 0.3) is 0 Å². The van der Waals surface area contributed by atoms with Crippen LogP contribution in [-0.2, 0) is 11.3 Å². The molecule has 0 aliphatic heterocycles. The highest BCUT2D eigenvalue weighted by Gasteiger charge is 2.37. The minimum atomic E-state index is -0.642. The molecule has 4 heteroatoms. The predicted molar refractivity (Wildman–Crippen MR) is 87.2 cm³/mol. The molecule has 2 rings (SSSR count). The molecule has 0 unspecified atom stereocenters. The van der Waals surface area contributed by atoms with Crippen LogP contribution in [0.2, 0.25) is 0 Å². The van der Waals surface area contributed by atoms with Crippen molar-refractivity contribution in [2.24, 2.45) is 5.73 Å². The zero-order valence-electron chi connectivity index (χ0n) is 13.4. The number of nitrogens with zero attached hydrogens (tertiary/aromatic N) is 2. The van der Waals surface area contributed by atoms with Gasteiger partial charge in [-0.15, -0.1) is 0 Å². The molecule has 0 heterocycles. The van der Waals surface area contributed by atoms with Crippen LogP contribution in [-0.4, -0.2) is 37.5 Å². The fourth-order valence-electron chi connectivity index (χ4n) is 3.02. The Kier molecular flexibility index (Phi) is 4.88. The number of hydrogen-bond acceptors (Lipinski definition) is 3. The van der Waals surface area contributed by atoms with Crippen molar-refractivity contribution in [2.45, 2.75) is 44.2 Å². The number of carbonyl (C=O) groups excluding carboxylic acids is 1. The van der Waals surface area contributed by atoms with E-state index in [1.807, 2.05) is 21.1 Å². The summed E-state index contributed by atoms with van der Waals surface area (Å²) in [5, 5.41) is 0. The minimum Gasteiger partial charge on any atom is -0.378 e. The Morgan fingerprint density at radius 1 is 1.10 bits per heavy atom. The topological polar surface area (TPSA) is 49.6 Å². The first kappa shape index (κ1) is 15.8. The molecule has 0 radical (unpaired) electrons. The molecule has 1 aromatic rings. The molecule has 1 fully saturated rings. The minimum absolute atomic E-state index is 0.0823. The third-order valence-electron chi connectivity index (χ3n) is 4.39. The van der Waals surface area contributed by atoms with Gasteiger partial charge in [-0.25, -0.2) is 0 Å². The predicted octanol–water partition coefficient (Wildman–Crippen LogP) is 2.37. The highest BCUT2D eigenvalue weighted by atomic mass is 16.2. The number of benzene rings is 1. The van der Waals surface area contributed by atoms with Crippen molar-refractivity contribution in [1.29, 1.82) is 0 Å². The Hall–Kier alpha value is -1.55. The average Bonchev–Trinajstić information content (AvgIpc) is 2.47. The van der Waals surface area contributed by atoms with Gasteiger partial charge in [0.25, 0.3) is 0 Å². The summed E-state index contributed by atoms with van der Waals surface area (Å²) in [6.07, 6.45) is 4.95. The lowest BCUT2D eigenvalue weighted by atomic mass is 9.81. The zero-order valence-corrected chi connectivity index (χ0v) is 13.4. The van der Waals surface area contributed by atoms with E-state index in [1.165, 1.54) is 6.42 Å². The maximum atomic E-state index is 12.6. The van der Waals surface area contributed by atoms with Gasteiger partial charge in [-0.3, -0.25) is 4.79 Å². The Bertz CT molecular complexity index is 475. The summed E-state index contributed by atoms with van der Waals surface area (Å²) in [7, 11) is 5.89. The lowest BCUT2D eigenvalue weighted by Crippen LogP contribution is -2.55. The van der Waals surface area contributed by atoms with E-state index in [9.17, 15) is 4.79 Å². The van der Waals surface area contributed by atoms with Crippen LogP contribution in [0.4, 0.5) is 5.69 Å². The summed E-state index contributed by atoms with van der Waals surface area (Å²) in [5.74, 6) is 0.0823. The lowest BCUT2D eigenvalue weighted by molar-refractivity contribution is -0.137. The van der Waals surface area contributed by atoms with Gasteiger partial charge in [-0.05, 0) is 30.5 Å². The van der Waals surface area contributed by atoms with Crippen molar-refractivity contribution in [3.63, 3.8) is 0 Å². The van der Waals surface area contributed by atoms with Crippen LogP contribution in [0, 0.1) is 0 Å². The summed E-state index contributed by atoms with van der Waals surface area (Å²) < 4.78 is 0. The van der Waals surface area contributed by atoms with Crippen molar-refractivity contribution in [3.05, 3.63) is 29.8 Å². The third-order valence-corrected chi connectivity index (χ3v) is 4.39. The maximum Gasteiger partial charge on any atom is 0.242 e. The molecule has 0 spiro atoms. The van der Waals surface area contributed by atoms with Crippen molar-refractivity contribution in [3.8, 4) is 0 Å². The number of hydrogen-bond donors (Lipinski definition) is 1. The average molecular weight is 289 g/mol. The molecule has 2 N–H and O–H groups in total. The first-order chi connectivity index (χ1) is 9.92. The van der Waals surface area contributed by atoms with Crippen molar-refractivity contribution < 1.29 is 4.79 Å². The van der Waals surface area contributed by atoms with E-state index < -0.39 is 5.54 Å². The van der Waals surface area contributed by atoms with Crippen LogP contribution in [0.15, 0.2) is 24.3 Å². The second kappa shape index (κ2) is 6.48. The van der Waals surface area contributed by atoms with Gasteiger partial charge in [-0.2, -0.15) is 0 Å². The molecular weight excluding hydrogens is 262 g/mol. The van der Waals surface area contributed by atoms with Crippen LogP contribution in [0.5, 0.6) is 0 Å². The molecule has 116 valence electrons. The Labute approximate surface area is 127 Å².